The lowest BCUT2D eigenvalue weighted by Gasteiger charge is -2.14. The summed E-state index contributed by atoms with van der Waals surface area (Å²) in [5, 5.41) is 5.52. The second-order valence-corrected chi connectivity index (χ2v) is 6.35. The van der Waals surface area contributed by atoms with Gasteiger partial charge in [0.05, 0.1) is 11.7 Å². The summed E-state index contributed by atoms with van der Waals surface area (Å²) in [6.07, 6.45) is 8.20. The van der Waals surface area contributed by atoms with E-state index in [1.54, 1.807) is 0 Å². The van der Waals surface area contributed by atoms with E-state index in [4.69, 9.17) is 22.4 Å². The van der Waals surface area contributed by atoms with Crippen molar-refractivity contribution in [3.05, 3.63) is 52.8 Å². The lowest BCUT2D eigenvalue weighted by atomic mass is 9.94. The Balaban J connectivity index is 1.70. The van der Waals surface area contributed by atoms with Gasteiger partial charge in [-0.1, -0.05) is 36.6 Å². The zero-order valence-electron chi connectivity index (χ0n) is 12.2. The maximum Gasteiger partial charge on any atom is 0.0631 e. The Morgan fingerprint density at radius 3 is 2.57 bits per heavy atom. The van der Waals surface area contributed by atoms with Crippen LogP contribution in [0.1, 0.15) is 48.9 Å². The third-order valence-electron chi connectivity index (χ3n) is 4.44. The highest BCUT2D eigenvalue weighted by molar-refractivity contribution is 6.30. The molecule has 3 rings (SSSR count). The quantitative estimate of drug-likeness (QED) is 0.909. The Kier molecular flexibility index (Phi) is 4.61. The molecule has 3 nitrogen and oxygen atoms in total. The van der Waals surface area contributed by atoms with Gasteiger partial charge in [-0.2, -0.15) is 5.10 Å². The fourth-order valence-corrected chi connectivity index (χ4v) is 3.31. The van der Waals surface area contributed by atoms with Crippen molar-refractivity contribution in [1.82, 2.24) is 9.78 Å². The molecule has 1 heterocycles. The van der Waals surface area contributed by atoms with Crippen molar-refractivity contribution in [1.29, 1.82) is 0 Å². The summed E-state index contributed by atoms with van der Waals surface area (Å²) in [7, 11) is 0. The van der Waals surface area contributed by atoms with Gasteiger partial charge in [0, 0.05) is 17.1 Å². The molecule has 4 heteroatoms. The molecule has 2 aromatic rings. The molecule has 1 aromatic carbocycles. The normalized spacial score (nSPS) is 17.2. The first-order valence-electron chi connectivity index (χ1n) is 7.76. The minimum atomic E-state index is 0.300. The molecular formula is C17H22ClN3. The molecule has 1 atom stereocenters. The molecule has 0 spiro atoms. The second-order valence-electron chi connectivity index (χ2n) is 5.91. The van der Waals surface area contributed by atoms with Crippen molar-refractivity contribution in [3.63, 3.8) is 0 Å². The molecule has 0 amide bonds. The molecule has 1 aliphatic carbocycles. The Bertz CT molecular complexity index is 570. The van der Waals surface area contributed by atoms with E-state index in [0.29, 0.717) is 18.5 Å². The van der Waals surface area contributed by atoms with Gasteiger partial charge in [0.1, 0.15) is 0 Å². The van der Waals surface area contributed by atoms with Crippen LogP contribution in [0.15, 0.2) is 36.5 Å². The summed E-state index contributed by atoms with van der Waals surface area (Å²) in [5.74, 6) is 0.300. The summed E-state index contributed by atoms with van der Waals surface area (Å²) in [4.78, 5) is 0. The maximum atomic E-state index is 5.95. The van der Waals surface area contributed by atoms with Crippen molar-refractivity contribution in [2.75, 3.05) is 6.54 Å². The van der Waals surface area contributed by atoms with Crippen molar-refractivity contribution in [2.24, 2.45) is 5.73 Å². The highest BCUT2D eigenvalue weighted by Crippen LogP contribution is 2.29. The third kappa shape index (κ3) is 3.47. The van der Waals surface area contributed by atoms with E-state index in [9.17, 15) is 0 Å². The van der Waals surface area contributed by atoms with E-state index in [0.717, 1.165) is 17.1 Å². The van der Waals surface area contributed by atoms with Gasteiger partial charge in [0.15, 0.2) is 0 Å². The number of rotatable bonds is 5. The summed E-state index contributed by atoms with van der Waals surface area (Å²) in [6, 6.07) is 10.7. The van der Waals surface area contributed by atoms with Gasteiger partial charge in [-0.3, -0.25) is 4.68 Å². The first-order valence-corrected chi connectivity index (χ1v) is 8.13. The second kappa shape index (κ2) is 6.63. The molecule has 1 fully saturated rings. The highest BCUT2D eigenvalue weighted by atomic mass is 35.5. The summed E-state index contributed by atoms with van der Waals surface area (Å²) >= 11 is 5.95. The van der Waals surface area contributed by atoms with E-state index in [-0.39, 0.29) is 0 Å². The molecular weight excluding hydrogens is 282 g/mol. The molecule has 1 aliphatic rings. The molecule has 21 heavy (non-hydrogen) atoms. The van der Waals surface area contributed by atoms with Crippen LogP contribution in [-0.2, 0) is 6.42 Å². The molecule has 0 bridgehead atoms. The van der Waals surface area contributed by atoms with Gasteiger partial charge >= 0.3 is 0 Å². The van der Waals surface area contributed by atoms with Gasteiger partial charge in [-0.05, 0) is 49.6 Å². The fraction of sp³-hybridized carbons (Fsp3) is 0.471. The van der Waals surface area contributed by atoms with Crippen molar-refractivity contribution in [3.8, 4) is 0 Å². The van der Waals surface area contributed by atoms with Crippen LogP contribution in [-0.4, -0.2) is 16.3 Å². The fourth-order valence-electron chi connectivity index (χ4n) is 3.18. The van der Waals surface area contributed by atoms with Gasteiger partial charge < -0.3 is 5.73 Å². The minimum absolute atomic E-state index is 0.300. The first kappa shape index (κ1) is 14.6. The summed E-state index contributed by atoms with van der Waals surface area (Å²) in [5.41, 5.74) is 8.32. The van der Waals surface area contributed by atoms with Crippen LogP contribution >= 0.6 is 11.6 Å². The third-order valence-corrected chi connectivity index (χ3v) is 4.70. The van der Waals surface area contributed by atoms with Gasteiger partial charge in [0.2, 0.25) is 0 Å². The number of aromatic nitrogens is 2. The summed E-state index contributed by atoms with van der Waals surface area (Å²) in [6.45, 7) is 0.623. The van der Waals surface area contributed by atoms with E-state index in [1.165, 1.54) is 31.2 Å². The van der Waals surface area contributed by atoms with Gasteiger partial charge in [-0.25, -0.2) is 0 Å². The largest absolute Gasteiger partial charge is 0.330 e. The molecule has 0 aliphatic heterocycles. The number of benzene rings is 1. The lowest BCUT2D eigenvalue weighted by Crippen LogP contribution is -2.15. The molecule has 1 unspecified atom stereocenters. The van der Waals surface area contributed by atoms with Crippen LogP contribution in [0.2, 0.25) is 5.02 Å². The predicted octanol–water partition coefficient (Wildman–Crippen LogP) is 3.94. The van der Waals surface area contributed by atoms with E-state index in [1.807, 2.05) is 12.1 Å². The highest BCUT2D eigenvalue weighted by Gasteiger charge is 2.18. The van der Waals surface area contributed by atoms with Crippen LogP contribution in [0.4, 0.5) is 0 Å². The number of hydrogen-bond donors (Lipinski definition) is 1. The van der Waals surface area contributed by atoms with Crippen LogP contribution in [0.25, 0.3) is 0 Å². The van der Waals surface area contributed by atoms with E-state index >= 15 is 0 Å². The zero-order chi connectivity index (χ0) is 14.7. The molecule has 0 saturated heterocycles. The predicted molar refractivity (Wildman–Crippen MR) is 86.7 cm³/mol. The standard InChI is InChI=1S/C17H22ClN3/c18-15-7-5-13(6-8-15)14(12-19)11-16-9-10-21(20-16)17-3-1-2-4-17/h5-10,14,17H,1-4,11-12,19H2. The van der Waals surface area contributed by atoms with Crippen LogP contribution in [0.5, 0.6) is 0 Å². The van der Waals surface area contributed by atoms with Crippen LogP contribution in [0, 0.1) is 0 Å². The number of nitrogens with zero attached hydrogens (tertiary/aromatic N) is 2. The summed E-state index contributed by atoms with van der Waals surface area (Å²) < 4.78 is 2.15. The number of hydrogen-bond acceptors (Lipinski definition) is 2. The average molecular weight is 304 g/mol. The monoisotopic (exact) mass is 303 g/mol. The molecule has 1 saturated carbocycles. The van der Waals surface area contributed by atoms with Gasteiger partial charge in [-0.15, -0.1) is 0 Å². The maximum absolute atomic E-state index is 5.95. The Labute approximate surface area is 131 Å². The lowest BCUT2D eigenvalue weighted by molar-refractivity contribution is 0.461. The van der Waals surface area contributed by atoms with Crippen molar-refractivity contribution >= 4 is 11.6 Å². The zero-order valence-corrected chi connectivity index (χ0v) is 13.0. The van der Waals surface area contributed by atoms with Gasteiger partial charge in [0.25, 0.3) is 0 Å². The minimum Gasteiger partial charge on any atom is -0.330 e. The van der Waals surface area contributed by atoms with Crippen LogP contribution < -0.4 is 5.73 Å². The van der Waals surface area contributed by atoms with E-state index < -0.39 is 0 Å². The molecule has 2 N–H and O–H groups in total. The number of nitrogens with two attached hydrogens (primary N) is 1. The smallest absolute Gasteiger partial charge is 0.0631 e. The molecule has 0 radical (unpaired) electrons. The Morgan fingerprint density at radius 2 is 1.90 bits per heavy atom. The first-order chi connectivity index (χ1) is 10.3. The van der Waals surface area contributed by atoms with Crippen molar-refractivity contribution in [2.45, 2.75) is 44.1 Å². The molecule has 1 aromatic heterocycles. The van der Waals surface area contributed by atoms with Crippen LogP contribution in [0.3, 0.4) is 0 Å². The molecule has 112 valence electrons. The Morgan fingerprint density at radius 1 is 1.19 bits per heavy atom. The average Bonchev–Trinajstić information content (AvgIpc) is 3.17. The van der Waals surface area contributed by atoms with Crippen molar-refractivity contribution < 1.29 is 0 Å². The van der Waals surface area contributed by atoms with E-state index in [2.05, 4.69) is 29.1 Å². The topological polar surface area (TPSA) is 43.8 Å². The Hall–Kier alpha value is -1.32. The number of halogens is 1. The SMILES string of the molecule is NCC(Cc1ccn(C2CCCC2)n1)c1ccc(Cl)cc1.